The monoisotopic (exact) mass is 1120 g/mol. The number of nitrogens with one attached hydrogen (secondary N) is 5. The molecule has 3 aliphatic heterocycles. The number of ether oxygens (including phenoxy) is 5. The van der Waals surface area contributed by atoms with Crippen LogP contribution in [0.4, 0.5) is 22.2 Å². The number of hydrogen-bond donors (Lipinski definition) is 11. The van der Waals surface area contributed by atoms with Crippen LogP contribution in [0.3, 0.4) is 0 Å². The number of nitrogens with zero attached hydrogens (tertiary/aromatic N) is 7. The van der Waals surface area contributed by atoms with Crippen molar-refractivity contribution >= 4 is 79.0 Å². The van der Waals surface area contributed by atoms with Gasteiger partial charge < -0.3 is 81.6 Å². The fourth-order valence-corrected chi connectivity index (χ4v) is 10.5. The van der Waals surface area contributed by atoms with E-state index in [-0.39, 0.29) is 59.6 Å². The van der Waals surface area contributed by atoms with Crippen LogP contribution in [-0.2, 0) is 67.4 Å². The smallest absolute Gasteiger partial charge is 0.459 e. The molecule has 0 bridgehead atoms. The summed E-state index contributed by atoms with van der Waals surface area (Å²) in [6, 6.07) is 3.90. The van der Waals surface area contributed by atoms with Crippen LogP contribution in [0.1, 0.15) is 44.7 Å². The van der Waals surface area contributed by atoms with E-state index in [2.05, 4.69) is 51.2 Å². The molecule has 12 atom stereocenters. The summed E-state index contributed by atoms with van der Waals surface area (Å²) in [4.78, 5) is 109. The Bertz CT molecular complexity index is 3110. The molecule has 14 N–H and O–H groups in total. The third-order valence-electron chi connectivity index (χ3n) is 12.4. The number of amides is 4. The van der Waals surface area contributed by atoms with Crippen molar-refractivity contribution in [2.45, 2.75) is 94.5 Å². The molecule has 0 saturated carbocycles. The number of hydrogen-bond acceptors (Lipinski definition) is 24. The predicted molar refractivity (Wildman–Crippen MR) is 263 cm³/mol. The molecule has 3 fully saturated rings. The number of primary amides is 1. The number of nitrogens with two attached hydrogens (primary N) is 3. The van der Waals surface area contributed by atoms with Crippen molar-refractivity contribution in [2.24, 2.45) is 11.7 Å². The minimum absolute atomic E-state index is 0.00629. The highest BCUT2D eigenvalue weighted by Crippen LogP contribution is 2.52. The maximum Gasteiger partial charge on any atom is 0.472 e. The van der Waals surface area contributed by atoms with Gasteiger partial charge in [-0.1, -0.05) is 26.0 Å². The van der Waals surface area contributed by atoms with Gasteiger partial charge in [0, 0.05) is 12.2 Å². The Balaban J connectivity index is 0.958. The highest BCUT2D eigenvalue weighted by atomic mass is 31.2. The van der Waals surface area contributed by atoms with Crippen molar-refractivity contribution < 1.29 is 80.5 Å². The summed E-state index contributed by atoms with van der Waals surface area (Å²) in [5, 5.41) is 22.4. The van der Waals surface area contributed by atoms with E-state index in [1.165, 1.54) is 27.6 Å². The lowest BCUT2D eigenvalue weighted by molar-refractivity contribution is -0.157. The van der Waals surface area contributed by atoms with Crippen LogP contribution < -0.4 is 44.0 Å². The summed E-state index contributed by atoms with van der Waals surface area (Å²) in [6.45, 7) is 1.05. The number of aliphatic hydroxyl groups is 1. The van der Waals surface area contributed by atoms with Crippen LogP contribution in [0, 0.1) is 5.92 Å². The van der Waals surface area contributed by atoms with Gasteiger partial charge in [0.15, 0.2) is 35.1 Å². The minimum atomic E-state index is -5.25. The van der Waals surface area contributed by atoms with Gasteiger partial charge in [0.05, 0.1) is 31.9 Å². The van der Waals surface area contributed by atoms with Crippen LogP contribution in [0.15, 0.2) is 48.0 Å². The highest BCUT2D eigenvalue weighted by molar-refractivity contribution is 7.52. The Kier molecular flexibility index (Phi) is 17.6. The van der Waals surface area contributed by atoms with Crippen LogP contribution in [0.5, 0.6) is 0 Å². The average molecular weight is 1120 g/mol. The number of carbonyl (C=O) groups excluding carboxylic acids is 4. The first-order valence-corrected chi connectivity index (χ1v) is 26.9. The number of fused-ring (bicyclic) bond motifs is 4. The van der Waals surface area contributed by atoms with Gasteiger partial charge >= 0.3 is 27.4 Å². The van der Waals surface area contributed by atoms with Crippen molar-refractivity contribution in [3.63, 3.8) is 0 Å². The van der Waals surface area contributed by atoms with E-state index in [0.717, 1.165) is 12.7 Å². The fraction of sp³-hybridized carbons (Fsp3) is 0.524. The second-order valence-electron chi connectivity index (χ2n) is 18.1. The molecule has 0 aliphatic carbocycles. The number of phosphoric ester groups is 1. The van der Waals surface area contributed by atoms with Crippen LogP contribution >= 0.6 is 15.4 Å². The molecule has 33 nitrogen and oxygen atoms in total. The van der Waals surface area contributed by atoms with E-state index in [4.69, 9.17) is 54.5 Å². The molecule has 77 heavy (non-hydrogen) atoms. The molecular weight excluding hydrogens is 1060 g/mol. The molecule has 1 aromatic carbocycles. The number of nitrogen functional groups attached to an aromatic ring is 2. The van der Waals surface area contributed by atoms with Gasteiger partial charge in [0.1, 0.15) is 74.1 Å². The maximum absolute atomic E-state index is 13.7. The number of urea groups is 1. The predicted octanol–water partition coefficient (Wildman–Crippen LogP) is -1.42. The Morgan fingerprint density at radius 1 is 0.922 bits per heavy atom. The summed E-state index contributed by atoms with van der Waals surface area (Å²) in [7, 11) is -8.46. The molecule has 418 valence electrons. The molecule has 4 amide bonds. The fourth-order valence-electron chi connectivity index (χ4n) is 8.70. The van der Waals surface area contributed by atoms with Gasteiger partial charge in [-0.2, -0.15) is 4.98 Å². The first kappa shape index (κ1) is 56.6. The summed E-state index contributed by atoms with van der Waals surface area (Å²) in [5.74, 6) is -2.28. The summed E-state index contributed by atoms with van der Waals surface area (Å²) < 4.78 is 75.8. The van der Waals surface area contributed by atoms with E-state index in [0.29, 0.717) is 17.7 Å². The normalized spacial score (nSPS) is 27.6. The molecule has 2 unspecified atom stereocenters. The van der Waals surface area contributed by atoms with Crippen LogP contribution in [-0.4, -0.2) is 166 Å². The minimum Gasteiger partial charge on any atom is -0.459 e. The highest BCUT2D eigenvalue weighted by Gasteiger charge is 2.53. The zero-order valence-electron chi connectivity index (χ0n) is 41.3. The number of benzene rings is 1. The van der Waals surface area contributed by atoms with Crippen molar-refractivity contribution in [3.8, 4) is 0 Å². The number of imidazole rings is 2. The summed E-state index contributed by atoms with van der Waals surface area (Å²) in [6.07, 6.45) is -9.59. The van der Waals surface area contributed by atoms with Gasteiger partial charge in [-0.15, -0.1) is 0 Å². The number of aromatic nitrogens is 8. The first-order valence-electron chi connectivity index (χ1n) is 23.7. The standard InChI is InChI=1S/C42H57N15O18P2/c1-19(2)26(46-3)37(61)53-22(5-4-10-47-42(45)63)36(60)52-21-8-6-20(7-9-21)11-68-25(58)14-69-32-31-24(74-40(32)57-17-51-28-35(57)54-41(44)55-38(28)62)13-72-77(66,67)75-30-23(12-71-76(64,65)18-70-31)73-39(29(30)59)56-16-50-27-33(43)48-15-49-34(27)56/h6-9,15-17,19,22-24,26,29-32,39-40,46,59H,4-5,10-14,18H2,1-3H3,(H,52,60)(H,53,61)(H,64,65)(H,66,67)(H2,43,48,49)(H3,45,47,63)(H3,44,54,55,62)/t22-,23+,24+,26-,29+,30+,31+,32+,39+,40+/m0/s1. The van der Waals surface area contributed by atoms with Crippen molar-refractivity contribution in [2.75, 3.05) is 56.5 Å². The lowest BCUT2D eigenvalue weighted by Gasteiger charge is -2.26. The topological polar surface area (TPSA) is 470 Å². The number of likely N-dealkylation sites (N-methyl/N-ethyl adjacent to an activating group) is 1. The van der Waals surface area contributed by atoms with Crippen molar-refractivity contribution in [1.29, 1.82) is 0 Å². The lowest BCUT2D eigenvalue weighted by Crippen LogP contribution is -2.52. The second kappa shape index (κ2) is 24.0. The van der Waals surface area contributed by atoms with Gasteiger partial charge in [0.2, 0.25) is 17.8 Å². The Labute approximate surface area is 435 Å². The largest absolute Gasteiger partial charge is 0.472 e. The number of phosphoric acid groups is 1. The molecule has 3 aliphatic rings. The van der Waals surface area contributed by atoms with E-state index >= 15 is 0 Å². The SMILES string of the molecule is CN[C@H](C(=O)N[C@@H](CCCNC(N)=O)C(=O)Nc1ccc(COC(=O)CO[C@@H]2[C@@H]3OCP(=O)(O)OC[C@H]4O[C@@H](n5cnc6c(N)ncnc65)[C@H](O)[C@@H]4OP(=O)(O)OC[C@H]3O[C@H]2n2cnc3c(=O)[nH]c(N)nc32)cc1)C(C)C. The second-order valence-corrected chi connectivity index (χ2v) is 21.3. The zero-order chi connectivity index (χ0) is 55.3. The van der Waals surface area contributed by atoms with Crippen LogP contribution in [0.25, 0.3) is 22.3 Å². The third-order valence-corrected chi connectivity index (χ3v) is 14.4. The number of aromatic amines is 1. The third kappa shape index (κ3) is 13.4. The number of esters is 1. The van der Waals surface area contributed by atoms with Gasteiger partial charge in [-0.25, -0.2) is 34.1 Å². The maximum atomic E-state index is 13.7. The molecule has 7 heterocycles. The van der Waals surface area contributed by atoms with E-state index < -0.39 is 132 Å². The van der Waals surface area contributed by atoms with E-state index in [1.807, 2.05) is 13.8 Å². The average Bonchev–Trinajstić information content (AvgIpc) is 4.16. The van der Waals surface area contributed by atoms with Crippen molar-refractivity contribution in [3.05, 3.63) is 59.2 Å². The van der Waals surface area contributed by atoms with E-state index in [9.17, 15) is 48.0 Å². The summed E-state index contributed by atoms with van der Waals surface area (Å²) in [5.41, 5.74) is 16.9. The quantitative estimate of drug-likeness (QED) is 0.0289. The van der Waals surface area contributed by atoms with Gasteiger partial charge in [-0.05, 0) is 43.5 Å². The number of carbonyl (C=O) groups is 4. The van der Waals surface area contributed by atoms with Crippen molar-refractivity contribution in [1.82, 2.24) is 55.0 Å². The molecule has 35 heteroatoms. The first-order chi connectivity index (χ1) is 36.6. The summed E-state index contributed by atoms with van der Waals surface area (Å²) >= 11 is 0. The number of aliphatic hydroxyl groups excluding tert-OH is 1. The molecule has 5 aromatic rings. The molecule has 3 saturated heterocycles. The van der Waals surface area contributed by atoms with Gasteiger partial charge in [0.25, 0.3) is 5.56 Å². The molecule has 0 spiro atoms. The van der Waals surface area contributed by atoms with Gasteiger partial charge in [-0.3, -0.25) is 42.1 Å². The number of H-pyrrole nitrogens is 1. The van der Waals surface area contributed by atoms with Crippen LogP contribution in [0.2, 0.25) is 0 Å². The molecule has 4 aromatic heterocycles. The molecule has 0 radical (unpaired) electrons. The zero-order valence-corrected chi connectivity index (χ0v) is 43.1. The number of rotatable bonds is 17. The molecule has 8 rings (SSSR count). The Hall–Kier alpha value is -6.58. The number of anilines is 3. The molecular formula is C42H57N15O18P2. The van der Waals surface area contributed by atoms with E-state index in [1.54, 1.807) is 19.2 Å². The Morgan fingerprint density at radius 2 is 1.61 bits per heavy atom. The Morgan fingerprint density at radius 3 is 2.32 bits per heavy atom. The lowest BCUT2D eigenvalue weighted by atomic mass is 10.0.